The summed E-state index contributed by atoms with van der Waals surface area (Å²) in [7, 11) is 0. The van der Waals surface area contributed by atoms with Crippen molar-refractivity contribution in [2.45, 2.75) is 25.6 Å². The first-order valence-corrected chi connectivity index (χ1v) is 8.35. The molecule has 0 saturated carbocycles. The zero-order valence-corrected chi connectivity index (χ0v) is 14.1. The van der Waals surface area contributed by atoms with Crippen LogP contribution in [-0.2, 0) is 6.42 Å². The third-order valence-corrected chi connectivity index (χ3v) is 5.36. The highest BCUT2D eigenvalue weighted by atomic mass is 79.9. The van der Waals surface area contributed by atoms with Crippen LogP contribution in [-0.4, -0.2) is 6.61 Å². The van der Waals surface area contributed by atoms with Crippen molar-refractivity contribution in [3.8, 4) is 5.75 Å². The predicted octanol–water partition coefficient (Wildman–Crippen LogP) is 5.80. The van der Waals surface area contributed by atoms with Crippen molar-refractivity contribution in [2.24, 2.45) is 0 Å². The van der Waals surface area contributed by atoms with Gasteiger partial charge in [-0.1, -0.05) is 13.0 Å². The van der Waals surface area contributed by atoms with Crippen molar-refractivity contribution in [2.75, 3.05) is 6.61 Å². The molecule has 0 aliphatic rings. The molecule has 102 valence electrons. The molecule has 1 unspecified atom stereocenters. The molecule has 19 heavy (non-hydrogen) atoms. The molecule has 2 aromatic rings. The number of ether oxygens (including phenoxy) is 1. The Kier molecular flexibility index (Phi) is 5.31. The van der Waals surface area contributed by atoms with Crippen LogP contribution in [0.4, 0.5) is 0 Å². The fourth-order valence-electron chi connectivity index (χ4n) is 1.83. The van der Waals surface area contributed by atoms with E-state index in [2.05, 4.69) is 35.0 Å². The predicted molar refractivity (Wildman–Crippen MR) is 86.7 cm³/mol. The Morgan fingerprint density at radius 3 is 2.63 bits per heavy atom. The number of hydrogen-bond acceptors (Lipinski definition) is 2. The van der Waals surface area contributed by atoms with Crippen LogP contribution in [0.3, 0.4) is 0 Å². The molecule has 0 fully saturated rings. The van der Waals surface area contributed by atoms with E-state index in [1.807, 2.05) is 25.1 Å². The van der Waals surface area contributed by atoms with Gasteiger partial charge in [0.25, 0.3) is 0 Å². The number of thiophene rings is 1. The monoisotopic (exact) mass is 358 g/mol. The first-order chi connectivity index (χ1) is 9.15. The Morgan fingerprint density at radius 2 is 2.05 bits per heavy atom. The number of alkyl halides is 1. The number of rotatable bonds is 5. The van der Waals surface area contributed by atoms with Gasteiger partial charge in [0.1, 0.15) is 5.75 Å². The summed E-state index contributed by atoms with van der Waals surface area (Å²) >= 11 is 11.9. The van der Waals surface area contributed by atoms with Crippen molar-refractivity contribution in [3.63, 3.8) is 0 Å². The smallest absolute Gasteiger partial charge is 0.133 e. The third kappa shape index (κ3) is 3.53. The van der Waals surface area contributed by atoms with Crippen molar-refractivity contribution in [3.05, 3.63) is 50.1 Å². The SMILES string of the molecule is CCOc1ccc(C(Cl)c2ccc(CC)s2)cc1Br. The van der Waals surface area contributed by atoms with Crippen molar-refractivity contribution in [1.82, 2.24) is 0 Å². The fourth-order valence-corrected chi connectivity index (χ4v) is 3.64. The van der Waals surface area contributed by atoms with E-state index < -0.39 is 0 Å². The first kappa shape index (κ1) is 14.9. The highest BCUT2D eigenvalue weighted by Gasteiger charge is 2.14. The summed E-state index contributed by atoms with van der Waals surface area (Å²) in [6.07, 6.45) is 1.06. The van der Waals surface area contributed by atoms with Crippen molar-refractivity contribution in [1.29, 1.82) is 0 Å². The minimum absolute atomic E-state index is 0.0997. The van der Waals surface area contributed by atoms with Crippen molar-refractivity contribution < 1.29 is 4.74 Å². The number of hydrogen-bond donors (Lipinski definition) is 0. The quantitative estimate of drug-likeness (QED) is 0.613. The van der Waals surface area contributed by atoms with Gasteiger partial charge in [0, 0.05) is 9.75 Å². The second-order valence-corrected chi connectivity index (χ2v) is 6.63. The van der Waals surface area contributed by atoms with Gasteiger partial charge in [-0.2, -0.15) is 0 Å². The average Bonchev–Trinajstić information content (AvgIpc) is 2.89. The summed E-state index contributed by atoms with van der Waals surface area (Å²) in [4.78, 5) is 2.56. The van der Waals surface area contributed by atoms with Gasteiger partial charge in [0.05, 0.1) is 16.5 Å². The molecule has 1 nitrogen and oxygen atoms in total. The van der Waals surface area contributed by atoms with E-state index in [4.69, 9.17) is 16.3 Å². The summed E-state index contributed by atoms with van der Waals surface area (Å²) in [5, 5.41) is -0.0997. The molecule has 0 amide bonds. The molecule has 0 N–H and O–H groups in total. The minimum atomic E-state index is -0.0997. The molecule has 0 bridgehead atoms. The van der Waals surface area contributed by atoms with Gasteiger partial charge >= 0.3 is 0 Å². The molecule has 1 aromatic carbocycles. The van der Waals surface area contributed by atoms with Gasteiger partial charge < -0.3 is 4.74 Å². The maximum absolute atomic E-state index is 6.55. The van der Waals surface area contributed by atoms with Crippen molar-refractivity contribution >= 4 is 38.9 Å². The lowest BCUT2D eigenvalue weighted by Gasteiger charge is -2.11. The van der Waals surface area contributed by atoms with Gasteiger partial charge in [-0.15, -0.1) is 22.9 Å². The van der Waals surface area contributed by atoms with Gasteiger partial charge in [-0.25, -0.2) is 0 Å². The van der Waals surface area contributed by atoms with E-state index in [0.717, 1.165) is 22.2 Å². The van der Waals surface area contributed by atoms with E-state index in [0.29, 0.717) is 6.61 Å². The van der Waals surface area contributed by atoms with Gasteiger partial charge in [-0.05, 0) is 59.1 Å². The Bertz CT molecular complexity index is 553. The molecular formula is C15H16BrClOS. The van der Waals surface area contributed by atoms with Gasteiger partial charge in [0.2, 0.25) is 0 Å². The topological polar surface area (TPSA) is 9.23 Å². The fraction of sp³-hybridized carbons (Fsp3) is 0.333. The molecule has 1 heterocycles. The lowest BCUT2D eigenvalue weighted by atomic mass is 10.1. The van der Waals surface area contributed by atoms with E-state index in [-0.39, 0.29) is 5.38 Å². The van der Waals surface area contributed by atoms with Crippen LogP contribution in [0.15, 0.2) is 34.8 Å². The molecule has 0 aliphatic heterocycles. The second-order valence-electron chi connectivity index (χ2n) is 4.14. The van der Waals surface area contributed by atoms with Gasteiger partial charge in [0.15, 0.2) is 0 Å². The molecule has 2 rings (SSSR count). The molecule has 0 radical (unpaired) electrons. The third-order valence-electron chi connectivity index (χ3n) is 2.83. The second kappa shape index (κ2) is 6.78. The highest BCUT2D eigenvalue weighted by Crippen LogP contribution is 2.37. The summed E-state index contributed by atoms with van der Waals surface area (Å²) in [6, 6.07) is 10.3. The van der Waals surface area contributed by atoms with Crippen LogP contribution in [0.1, 0.15) is 34.5 Å². The Hall–Kier alpha value is -0.510. The molecule has 0 spiro atoms. The Balaban J connectivity index is 2.23. The largest absolute Gasteiger partial charge is 0.493 e. The zero-order chi connectivity index (χ0) is 13.8. The number of benzene rings is 1. The van der Waals surface area contributed by atoms with Crippen LogP contribution in [0, 0.1) is 0 Å². The van der Waals surface area contributed by atoms with Crippen LogP contribution in [0.2, 0.25) is 0 Å². The molecule has 0 aliphatic carbocycles. The molecular weight excluding hydrogens is 344 g/mol. The summed E-state index contributed by atoms with van der Waals surface area (Å²) in [5.74, 6) is 0.857. The summed E-state index contributed by atoms with van der Waals surface area (Å²) in [5.41, 5.74) is 1.08. The lowest BCUT2D eigenvalue weighted by Crippen LogP contribution is -1.95. The molecule has 1 aromatic heterocycles. The standard InChI is InChI=1S/C15H16BrClOS/c1-3-11-6-8-14(19-11)15(17)10-5-7-13(18-4-2)12(16)9-10/h5-9,15H,3-4H2,1-2H3. The maximum atomic E-state index is 6.55. The summed E-state index contributed by atoms with van der Waals surface area (Å²) < 4.78 is 6.46. The molecule has 4 heteroatoms. The molecule has 1 atom stereocenters. The Morgan fingerprint density at radius 1 is 1.26 bits per heavy atom. The van der Waals surface area contributed by atoms with E-state index in [1.54, 1.807) is 11.3 Å². The van der Waals surface area contributed by atoms with E-state index >= 15 is 0 Å². The van der Waals surface area contributed by atoms with E-state index in [1.165, 1.54) is 9.75 Å². The normalized spacial score (nSPS) is 12.4. The zero-order valence-electron chi connectivity index (χ0n) is 11.0. The van der Waals surface area contributed by atoms with Crippen LogP contribution >= 0.6 is 38.9 Å². The van der Waals surface area contributed by atoms with Crippen LogP contribution in [0.25, 0.3) is 0 Å². The number of aryl methyl sites for hydroxylation is 1. The van der Waals surface area contributed by atoms with Gasteiger partial charge in [-0.3, -0.25) is 0 Å². The van der Waals surface area contributed by atoms with E-state index in [9.17, 15) is 0 Å². The van der Waals surface area contributed by atoms with Crippen LogP contribution < -0.4 is 4.74 Å². The Labute approximate surface area is 131 Å². The minimum Gasteiger partial charge on any atom is -0.493 e. The lowest BCUT2D eigenvalue weighted by molar-refractivity contribution is 0.338. The number of halogens is 2. The summed E-state index contributed by atoms with van der Waals surface area (Å²) in [6.45, 7) is 4.79. The maximum Gasteiger partial charge on any atom is 0.133 e. The highest BCUT2D eigenvalue weighted by molar-refractivity contribution is 9.10. The molecule has 0 saturated heterocycles. The average molecular weight is 360 g/mol. The van der Waals surface area contributed by atoms with Crippen LogP contribution in [0.5, 0.6) is 5.75 Å². The first-order valence-electron chi connectivity index (χ1n) is 6.30.